The lowest BCUT2D eigenvalue weighted by Gasteiger charge is -2.08. The molecule has 0 saturated heterocycles. The van der Waals surface area contributed by atoms with Crippen LogP contribution in [-0.2, 0) is 6.42 Å². The van der Waals surface area contributed by atoms with E-state index < -0.39 is 17.5 Å². The standard InChI is InChI=1S/C14H12F3NO/c15-11-3-2-10(8-12(11)16)19-14-4-1-9(5-6-18)7-13(14)17/h1-4,7-8H,5-6,18H2. The fourth-order valence-corrected chi connectivity index (χ4v) is 1.62. The zero-order valence-corrected chi connectivity index (χ0v) is 10.00. The van der Waals surface area contributed by atoms with Gasteiger partial charge in [-0.15, -0.1) is 0 Å². The van der Waals surface area contributed by atoms with Gasteiger partial charge in [0.2, 0.25) is 0 Å². The van der Waals surface area contributed by atoms with Gasteiger partial charge in [0.05, 0.1) is 0 Å². The molecule has 0 spiro atoms. The van der Waals surface area contributed by atoms with Gasteiger partial charge in [0, 0.05) is 6.07 Å². The van der Waals surface area contributed by atoms with Crippen LogP contribution in [0.4, 0.5) is 13.2 Å². The summed E-state index contributed by atoms with van der Waals surface area (Å²) in [7, 11) is 0. The second-order valence-electron chi connectivity index (χ2n) is 3.98. The monoisotopic (exact) mass is 267 g/mol. The molecule has 2 N–H and O–H groups in total. The van der Waals surface area contributed by atoms with Crippen LogP contribution in [0.1, 0.15) is 5.56 Å². The number of benzene rings is 2. The largest absolute Gasteiger partial charge is 0.454 e. The molecule has 100 valence electrons. The maximum absolute atomic E-state index is 13.7. The molecule has 0 aliphatic rings. The lowest BCUT2D eigenvalue weighted by Crippen LogP contribution is -2.03. The van der Waals surface area contributed by atoms with E-state index >= 15 is 0 Å². The Morgan fingerprint density at radius 2 is 1.68 bits per heavy atom. The van der Waals surface area contributed by atoms with Crippen LogP contribution in [0.2, 0.25) is 0 Å². The molecule has 0 aliphatic heterocycles. The van der Waals surface area contributed by atoms with E-state index in [0.717, 1.165) is 17.7 Å². The van der Waals surface area contributed by atoms with Gasteiger partial charge in [-0.2, -0.15) is 0 Å². The fraction of sp³-hybridized carbons (Fsp3) is 0.143. The van der Waals surface area contributed by atoms with Gasteiger partial charge in [0.15, 0.2) is 23.2 Å². The predicted octanol–water partition coefficient (Wildman–Crippen LogP) is 3.40. The molecule has 0 amide bonds. The molecule has 0 aliphatic carbocycles. The van der Waals surface area contributed by atoms with Crippen molar-refractivity contribution >= 4 is 0 Å². The zero-order valence-electron chi connectivity index (χ0n) is 10.00. The van der Waals surface area contributed by atoms with Gasteiger partial charge >= 0.3 is 0 Å². The van der Waals surface area contributed by atoms with Crippen molar-refractivity contribution in [3.05, 3.63) is 59.4 Å². The highest BCUT2D eigenvalue weighted by Gasteiger charge is 2.08. The first-order valence-corrected chi connectivity index (χ1v) is 5.71. The van der Waals surface area contributed by atoms with Gasteiger partial charge in [-0.05, 0) is 42.8 Å². The van der Waals surface area contributed by atoms with Crippen molar-refractivity contribution in [2.45, 2.75) is 6.42 Å². The van der Waals surface area contributed by atoms with Crippen LogP contribution in [0.25, 0.3) is 0 Å². The van der Waals surface area contributed by atoms with E-state index in [9.17, 15) is 13.2 Å². The van der Waals surface area contributed by atoms with Crippen molar-refractivity contribution in [2.75, 3.05) is 6.54 Å². The van der Waals surface area contributed by atoms with Crippen molar-refractivity contribution in [3.63, 3.8) is 0 Å². The lowest BCUT2D eigenvalue weighted by atomic mass is 10.1. The van der Waals surface area contributed by atoms with Gasteiger partial charge in [-0.1, -0.05) is 6.07 Å². The fourth-order valence-electron chi connectivity index (χ4n) is 1.62. The summed E-state index contributed by atoms with van der Waals surface area (Å²) < 4.78 is 44.6. The lowest BCUT2D eigenvalue weighted by molar-refractivity contribution is 0.432. The minimum Gasteiger partial charge on any atom is -0.454 e. The molecule has 2 aromatic carbocycles. The molecule has 5 heteroatoms. The predicted molar refractivity (Wildman–Crippen MR) is 65.6 cm³/mol. The van der Waals surface area contributed by atoms with Gasteiger partial charge in [0.25, 0.3) is 0 Å². The van der Waals surface area contributed by atoms with Crippen molar-refractivity contribution in [3.8, 4) is 11.5 Å². The van der Waals surface area contributed by atoms with Gasteiger partial charge in [-0.3, -0.25) is 0 Å². The number of nitrogens with two attached hydrogens (primary N) is 1. The normalized spacial score (nSPS) is 10.5. The average Bonchev–Trinajstić information content (AvgIpc) is 2.37. The Labute approximate surface area is 108 Å². The van der Waals surface area contributed by atoms with Crippen molar-refractivity contribution in [2.24, 2.45) is 5.73 Å². The van der Waals surface area contributed by atoms with E-state index in [2.05, 4.69) is 0 Å². The van der Waals surface area contributed by atoms with Crippen LogP contribution in [-0.4, -0.2) is 6.54 Å². The van der Waals surface area contributed by atoms with Crippen LogP contribution in [0.3, 0.4) is 0 Å². The maximum atomic E-state index is 13.7. The molecule has 0 unspecified atom stereocenters. The third-order valence-corrected chi connectivity index (χ3v) is 2.55. The smallest absolute Gasteiger partial charge is 0.165 e. The van der Waals surface area contributed by atoms with Gasteiger partial charge in [-0.25, -0.2) is 13.2 Å². The first kappa shape index (κ1) is 13.4. The highest BCUT2D eigenvalue weighted by atomic mass is 19.2. The van der Waals surface area contributed by atoms with E-state index in [1.807, 2.05) is 0 Å². The summed E-state index contributed by atoms with van der Waals surface area (Å²) in [5, 5.41) is 0. The minimum absolute atomic E-state index is 0.0318. The van der Waals surface area contributed by atoms with Crippen LogP contribution >= 0.6 is 0 Å². The second-order valence-corrected chi connectivity index (χ2v) is 3.98. The molecular formula is C14H12F3NO. The molecule has 0 heterocycles. The average molecular weight is 267 g/mol. The summed E-state index contributed by atoms with van der Waals surface area (Å²) in [6.45, 7) is 0.419. The molecule has 0 bridgehead atoms. The van der Waals surface area contributed by atoms with Gasteiger partial charge < -0.3 is 10.5 Å². The minimum atomic E-state index is -1.04. The number of hydrogen-bond donors (Lipinski definition) is 1. The number of rotatable bonds is 4. The Hall–Kier alpha value is -2.01. The highest BCUT2D eigenvalue weighted by Crippen LogP contribution is 2.26. The molecule has 2 nitrogen and oxygen atoms in total. The second kappa shape index (κ2) is 5.75. The summed E-state index contributed by atoms with van der Waals surface area (Å²) in [5.41, 5.74) is 6.12. The quantitative estimate of drug-likeness (QED) is 0.921. The van der Waals surface area contributed by atoms with E-state index in [1.165, 1.54) is 18.2 Å². The molecule has 0 saturated carbocycles. The molecule has 2 rings (SSSR count). The van der Waals surface area contributed by atoms with E-state index in [-0.39, 0.29) is 11.5 Å². The van der Waals surface area contributed by atoms with E-state index in [0.29, 0.717) is 13.0 Å². The summed E-state index contributed by atoms with van der Waals surface area (Å²) in [6.07, 6.45) is 0.558. The van der Waals surface area contributed by atoms with Crippen molar-refractivity contribution in [1.29, 1.82) is 0 Å². The molecular weight excluding hydrogens is 255 g/mol. The summed E-state index contributed by atoms with van der Waals surface area (Å²) in [5.74, 6) is -2.62. The van der Waals surface area contributed by atoms with E-state index in [1.54, 1.807) is 6.07 Å². The zero-order chi connectivity index (χ0) is 13.8. The van der Waals surface area contributed by atoms with Crippen LogP contribution in [0, 0.1) is 17.5 Å². The summed E-state index contributed by atoms with van der Waals surface area (Å²) in [6, 6.07) is 7.42. The molecule has 2 aromatic rings. The Bertz CT molecular complexity index is 587. The van der Waals surface area contributed by atoms with Crippen LogP contribution < -0.4 is 10.5 Å². The Kier molecular flexibility index (Phi) is 4.06. The Morgan fingerprint density at radius 1 is 0.895 bits per heavy atom. The number of ether oxygens (including phenoxy) is 1. The first-order valence-electron chi connectivity index (χ1n) is 5.71. The van der Waals surface area contributed by atoms with Crippen LogP contribution in [0.5, 0.6) is 11.5 Å². The van der Waals surface area contributed by atoms with Crippen molar-refractivity contribution in [1.82, 2.24) is 0 Å². The third kappa shape index (κ3) is 3.26. The summed E-state index contributed by atoms with van der Waals surface area (Å²) in [4.78, 5) is 0. The van der Waals surface area contributed by atoms with Gasteiger partial charge in [0.1, 0.15) is 5.75 Å². The molecule has 0 fully saturated rings. The highest BCUT2D eigenvalue weighted by molar-refractivity contribution is 5.35. The van der Waals surface area contributed by atoms with Crippen molar-refractivity contribution < 1.29 is 17.9 Å². The van der Waals surface area contributed by atoms with Crippen LogP contribution in [0.15, 0.2) is 36.4 Å². The third-order valence-electron chi connectivity index (χ3n) is 2.55. The topological polar surface area (TPSA) is 35.2 Å². The molecule has 0 radical (unpaired) electrons. The maximum Gasteiger partial charge on any atom is 0.165 e. The first-order chi connectivity index (χ1) is 9.10. The molecule has 19 heavy (non-hydrogen) atoms. The Morgan fingerprint density at radius 3 is 2.32 bits per heavy atom. The Balaban J connectivity index is 2.20. The SMILES string of the molecule is NCCc1ccc(Oc2ccc(F)c(F)c2)c(F)c1. The molecule has 0 aromatic heterocycles. The molecule has 0 atom stereocenters. The van der Waals surface area contributed by atoms with E-state index in [4.69, 9.17) is 10.5 Å². The number of hydrogen-bond acceptors (Lipinski definition) is 2. The number of halogens is 3. The summed E-state index contributed by atoms with van der Waals surface area (Å²) >= 11 is 0.